The van der Waals surface area contributed by atoms with Gasteiger partial charge in [-0.3, -0.25) is 4.79 Å². The molecule has 2 aromatic heterocycles. The Labute approximate surface area is 182 Å². The monoisotopic (exact) mass is 465 g/mol. The Balaban J connectivity index is 1.41. The van der Waals surface area contributed by atoms with Gasteiger partial charge < -0.3 is 19.0 Å². The molecule has 1 fully saturated rings. The van der Waals surface area contributed by atoms with Gasteiger partial charge in [0, 0.05) is 24.7 Å². The first-order valence-electron chi connectivity index (χ1n) is 9.29. The first-order chi connectivity index (χ1) is 14.9. The van der Waals surface area contributed by atoms with E-state index in [-0.39, 0.29) is 27.7 Å². The van der Waals surface area contributed by atoms with Crippen LogP contribution >= 0.6 is 11.8 Å². The Morgan fingerprint density at radius 3 is 2.77 bits per heavy atom. The summed E-state index contributed by atoms with van der Waals surface area (Å²) in [6.07, 6.45) is 0. The highest BCUT2D eigenvalue weighted by atomic mass is 32.2. The molecule has 1 aliphatic rings. The summed E-state index contributed by atoms with van der Waals surface area (Å²) in [6, 6.07) is 7.92. The van der Waals surface area contributed by atoms with E-state index in [0.29, 0.717) is 43.4 Å². The van der Waals surface area contributed by atoms with E-state index in [4.69, 9.17) is 13.7 Å². The first-order valence-corrected chi connectivity index (χ1v) is 11.7. The number of aryl methyl sites for hydroxylation is 1. The second-order valence-corrected chi connectivity index (χ2v) is 9.44. The highest BCUT2D eigenvalue weighted by Gasteiger charge is 2.27. The summed E-state index contributed by atoms with van der Waals surface area (Å²) in [4.78, 5) is 12.1. The summed E-state index contributed by atoms with van der Waals surface area (Å²) < 4.78 is 42.8. The summed E-state index contributed by atoms with van der Waals surface area (Å²) in [5, 5.41) is 14.3. The zero-order chi connectivity index (χ0) is 21.8. The zero-order valence-corrected chi connectivity index (χ0v) is 18.1. The molecule has 31 heavy (non-hydrogen) atoms. The average Bonchev–Trinajstić information content (AvgIpc) is 3.42. The number of hydrogen-bond acceptors (Lipinski definition) is 10. The molecule has 0 spiro atoms. The fourth-order valence-electron chi connectivity index (χ4n) is 2.84. The van der Waals surface area contributed by atoms with Crippen molar-refractivity contribution in [3.05, 3.63) is 36.1 Å². The Kier molecular flexibility index (Phi) is 6.36. The van der Waals surface area contributed by atoms with E-state index in [1.807, 2.05) is 0 Å². The molecule has 0 radical (unpaired) electrons. The van der Waals surface area contributed by atoms with Gasteiger partial charge >= 0.3 is 0 Å². The highest BCUT2D eigenvalue weighted by Crippen LogP contribution is 2.26. The van der Waals surface area contributed by atoms with Crippen molar-refractivity contribution in [2.24, 2.45) is 0 Å². The van der Waals surface area contributed by atoms with Gasteiger partial charge in [-0.25, -0.2) is 8.42 Å². The number of morpholine rings is 1. The predicted molar refractivity (Wildman–Crippen MR) is 110 cm³/mol. The van der Waals surface area contributed by atoms with E-state index in [9.17, 15) is 13.2 Å². The van der Waals surface area contributed by atoms with E-state index < -0.39 is 10.0 Å². The number of amides is 1. The topological polar surface area (TPSA) is 141 Å². The third-order valence-corrected chi connectivity index (χ3v) is 7.03. The third kappa shape index (κ3) is 5.12. The van der Waals surface area contributed by atoms with E-state index in [0.717, 1.165) is 11.8 Å². The molecule has 11 nitrogen and oxygen atoms in total. The second-order valence-electron chi connectivity index (χ2n) is 6.58. The van der Waals surface area contributed by atoms with Crippen LogP contribution in [-0.2, 0) is 19.6 Å². The van der Waals surface area contributed by atoms with Gasteiger partial charge in [-0.15, -0.1) is 10.2 Å². The molecule has 0 bridgehead atoms. The summed E-state index contributed by atoms with van der Waals surface area (Å²) >= 11 is 1.05. The molecular formula is C18H19N5O6S2. The molecule has 3 heterocycles. The fraction of sp³-hybridized carbons (Fsp3) is 0.333. The quantitative estimate of drug-likeness (QED) is 0.513. The smallest absolute Gasteiger partial charge is 0.277 e. The number of hydrogen-bond donors (Lipinski definition) is 1. The standard InChI is InChI=1S/C18H19N5O6S2/c1-12-9-15(22-29-12)19-16(24)11-30-18-21-20-17(28-18)13-3-2-4-14(10-13)31(25,26)23-5-7-27-8-6-23/h2-4,9-10H,5-8,11H2,1H3,(H,19,22,24). The second kappa shape index (κ2) is 9.18. The number of ether oxygens (including phenoxy) is 1. The molecule has 4 rings (SSSR count). The van der Waals surface area contributed by atoms with Crippen LogP contribution in [0.2, 0.25) is 0 Å². The van der Waals surface area contributed by atoms with Crippen LogP contribution in [0.1, 0.15) is 5.76 Å². The van der Waals surface area contributed by atoms with Crippen molar-refractivity contribution in [3.63, 3.8) is 0 Å². The highest BCUT2D eigenvalue weighted by molar-refractivity contribution is 7.99. The average molecular weight is 466 g/mol. The van der Waals surface area contributed by atoms with Crippen LogP contribution in [0.4, 0.5) is 5.82 Å². The third-order valence-electron chi connectivity index (χ3n) is 4.32. The van der Waals surface area contributed by atoms with Gasteiger partial charge in [0.05, 0.1) is 23.9 Å². The Morgan fingerprint density at radius 1 is 1.23 bits per heavy atom. The lowest BCUT2D eigenvalue weighted by atomic mass is 10.2. The molecule has 0 unspecified atom stereocenters. The van der Waals surface area contributed by atoms with Crippen LogP contribution in [0.25, 0.3) is 11.5 Å². The molecule has 0 saturated carbocycles. The lowest BCUT2D eigenvalue weighted by Crippen LogP contribution is -2.40. The van der Waals surface area contributed by atoms with E-state index in [1.165, 1.54) is 16.4 Å². The minimum atomic E-state index is -3.64. The number of benzene rings is 1. The molecule has 1 aromatic carbocycles. The van der Waals surface area contributed by atoms with Gasteiger partial charge in [0.1, 0.15) is 5.76 Å². The van der Waals surface area contributed by atoms with Crippen LogP contribution in [0.15, 0.2) is 49.4 Å². The van der Waals surface area contributed by atoms with E-state index >= 15 is 0 Å². The van der Waals surface area contributed by atoms with Crippen molar-refractivity contribution < 1.29 is 26.9 Å². The van der Waals surface area contributed by atoms with Gasteiger partial charge in [-0.2, -0.15) is 4.31 Å². The van der Waals surface area contributed by atoms with Crippen molar-refractivity contribution in [3.8, 4) is 11.5 Å². The number of carbonyl (C=O) groups excluding carboxylic acids is 1. The number of aromatic nitrogens is 3. The maximum absolute atomic E-state index is 12.8. The number of rotatable bonds is 7. The SMILES string of the molecule is Cc1cc(NC(=O)CSc2nnc(-c3cccc(S(=O)(=O)N4CCOCC4)c3)o2)no1. The van der Waals surface area contributed by atoms with Crippen LogP contribution in [0.3, 0.4) is 0 Å². The van der Waals surface area contributed by atoms with E-state index in [1.54, 1.807) is 25.1 Å². The summed E-state index contributed by atoms with van der Waals surface area (Å²) in [5.41, 5.74) is 0.469. The molecule has 1 aliphatic heterocycles. The number of nitrogens with zero attached hydrogens (tertiary/aromatic N) is 4. The van der Waals surface area contributed by atoms with Gasteiger partial charge in [0.25, 0.3) is 5.22 Å². The first kappa shape index (κ1) is 21.5. The van der Waals surface area contributed by atoms with Crippen molar-refractivity contribution in [2.75, 3.05) is 37.4 Å². The molecular weight excluding hydrogens is 446 g/mol. The van der Waals surface area contributed by atoms with Gasteiger partial charge in [0.2, 0.25) is 21.8 Å². The largest absolute Gasteiger partial charge is 0.411 e. The predicted octanol–water partition coefficient (Wildman–Crippen LogP) is 1.78. The molecule has 1 N–H and O–H groups in total. The van der Waals surface area contributed by atoms with Crippen LogP contribution < -0.4 is 5.32 Å². The van der Waals surface area contributed by atoms with Crippen molar-refractivity contribution in [1.29, 1.82) is 0 Å². The van der Waals surface area contributed by atoms with Crippen LogP contribution in [0.5, 0.6) is 0 Å². The molecule has 0 atom stereocenters. The van der Waals surface area contributed by atoms with Gasteiger partial charge in [0.15, 0.2) is 5.82 Å². The molecule has 13 heteroatoms. The van der Waals surface area contributed by atoms with Crippen molar-refractivity contribution >= 4 is 33.5 Å². The van der Waals surface area contributed by atoms with Crippen molar-refractivity contribution in [1.82, 2.24) is 19.7 Å². The van der Waals surface area contributed by atoms with Gasteiger partial charge in [-0.1, -0.05) is 23.0 Å². The Bertz CT molecular complexity index is 1170. The number of sulfonamides is 1. The van der Waals surface area contributed by atoms with Crippen LogP contribution in [0, 0.1) is 6.92 Å². The summed E-state index contributed by atoms with van der Waals surface area (Å²) in [7, 11) is -3.64. The molecule has 1 saturated heterocycles. The lowest BCUT2D eigenvalue weighted by Gasteiger charge is -2.26. The molecule has 1 amide bonds. The Hall–Kier alpha value is -2.74. The summed E-state index contributed by atoms with van der Waals surface area (Å²) in [6.45, 7) is 3.08. The van der Waals surface area contributed by atoms with Crippen LogP contribution in [-0.4, -0.2) is 66.0 Å². The molecule has 0 aliphatic carbocycles. The molecule has 164 valence electrons. The number of anilines is 1. The maximum Gasteiger partial charge on any atom is 0.277 e. The summed E-state index contributed by atoms with van der Waals surface area (Å²) in [5.74, 6) is 0.791. The van der Waals surface area contributed by atoms with E-state index in [2.05, 4.69) is 20.7 Å². The number of carbonyl (C=O) groups is 1. The van der Waals surface area contributed by atoms with Crippen molar-refractivity contribution in [2.45, 2.75) is 17.0 Å². The molecule has 3 aromatic rings. The lowest BCUT2D eigenvalue weighted by molar-refractivity contribution is -0.113. The maximum atomic E-state index is 12.8. The Morgan fingerprint density at radius 2 is 2.03 bits per heavy atom. The minimum absolute atomic E-state index is 0.0268. The zero-order valence-electron chi connectivity index (χ0n) is 16.5. The fourth-order valence-corrected chi connectivity index (χ4v) is 4.86. The number of thioether (sulfide) groups is 1. The normalized spacial score (nSPS) is 15.1. The minimum Gasteiger partial charge on any atom is -0.411 e. The van der Waals surface area contributed by atoms with Gasteiger partial charge in [-0.05, 0) is 25.1 Å². The number of nitrogens with one attached hydrogen (secondary N) is 1.